The van der Waals surface area contributed by atoms with Gasteiger partial charge >= 0.3 is 0 Å². The Kier molecular flexibility index (Phi) is 9.39. The van der Waals surface area contributed by atoms with Gasteiger partial charge < -0.3 is 14.9 Å². The molecular weight excluding hydrogens is 202 g/mol. The van der Waals surface area contributed by atoms with Gasteiger partial charge in [0.05, 0.1) is 0 Å². The van der Waals surface area contributed by atoms with Crippen molar-refractivity contribution < 1.29 is 0 Å². The van der Waals surface area contributed by atoms with Crippen molar-refractivity contribution in [1.82, 2.24) is 14.9 Å². The van der Waals surface area contributed by atoms with Crippen LogP contribution >= 0.6 is 0 Å². The second-order valence-corrected chi connectivity index (χ2v) is 7.20. The van der Waals surface area contributed by atoms with Gasteiger partial charge in [-0.25, -0.2) is 0 Å². The van der Waals surface area contributed by atoms with Gasteiger partial charge in [0.2, 0.25) is 0 Å². The second-order valence-electron chi connectivity index (χ2n) is 4.04. The number of nitrogens with zero attached hydrogens (tertiary/aromatic N) is 1. The molecule has 0 amide bonds. The molecule has 0 fully saturated rings. The first-order valence-corrected chi connectivity index (χ1v) is 8.15. The summed E-state index contributed by atoms with van der Waals surface area (Å²) in [5.41, 5.74) is 0.837. The molecule has 0 heterocycles. The fourth-order valence-corrected chi connectivity index (χ4v) is 4.80. The fourth-order valence-electron chi connectivity index (χ4n) is 1.83. The van der Waals surface area contributed by atoms with Crippen molar-refractivity contribution in [3.8, 4) is 0 Å². The van der Waals surface area contributed by atoms with Crippen LogP contribution < -0.4 is 10.3 Å². The molecule has 0 aliphatic rings. The first-order valence-electron chi connectivity index (χ1n) is 6.39. The molecule has 0 saturated heterocycles. The highest BCUT2D eigenvalue weighted by Gasteiger charge is 2.22. The number of hydrogen-bond donors (Lipinski definition) is 2. The van der Waals surface area contributed by atoms with Crippen LogP contribution in [0.15, 0.2) is 0 Å². The van der Waals surface area contributed by atoms with Crippen molar-refractivity contribution in [3.05, 3.63) is 0 Å². The third-order valence-corrected chi connectivity index (χ3v) is 6.76. The van der Waals surface area contributed by atoms with Crippen LogP contribution in [0.4, 0.5) is 0 Å². The van der Waals surface area contributed by atoms with Gasteiger partial charge in [0, 0.05) is 6.67 Å². The highest BCUT2D eigenvalue weighted by Crippen LogP contribution is 2.14. The lowest BCUT2D eigenvalue weighted by atomic mass is 10.4. The maximum absolute atomic E-state index is 3.73. The molecule has 0 rings (SSSR count). The molecule has 0 saturated carbocycles. The monoisotopic (exact) mass is 231 g/mol. The van der Waals surface area contributed by atoms with Gasteiger partial charge in [-0.1, -0.05) is 41.0 Å². The Balaban J connectivity index is 4.15. The zero-order valence-electron chi connectivity index (χ0n) is 11.1. The van der Waals surface area contributed by atoms with Gasteiger partial charge in [0.15, 0.2) is 9.12 Å². The Hall–Kier alpha value is 0.0969. The normalized spacial score (nSPS) is 15.6. The summed E-state index contributed by atoms with van der Waals surface area (Å²) in [7, 11) is -0.954. The highest BCUT2D eigenvalue weighted by molar-refractivity contribution is 6.54. The molecule has 0 aliphatic carbocycles. The largest absolute Gasteiger partial charge is 0.315 e. The zero-order valence-corrected chi connectivity index (χ0v) is 12.3. The Morgan fingerprint density at radius 1 is 1.13 bits per heavy atom. The van der Waals surface area contributed by atoms with Crippen LogP contribution in [0.2, 0.25) is 5.54 Å². The lowest BCUT2D eigenvalue weighted by Crippen LogP contribution is -2.54. The van der Waals surface area contributed by atoms with Gasteiger partial charge in [-0.05, 0) is 25.2 Å². The van der Waals surface area contributed by atoms with Gasteiger partial charge in [-0.2, -0.15) is 0 Å². The summed E-state index contributed by atoms with van der Waals surface area (Å²) in [4.78, 5) is 3.73. The average Bonchev–Trinajstić information content (AvgIpc) is 2.27. The molecule has 0 radical (unpaired) electrons. The summed E-state index contributed by atoms with van der Waals surface area (Å²) in [6, 6.07) is 0. The molecule has 2 atom stereocenters. The Labute approximate surface area is 97.4 Å². The lowest BCUT2D eigenvalue weighted by molar-refractivity contribution is 0.450. The van der Waals surface area contributed by atoms with Gasteiger partial charge in [-0.3, -0.25) is 0 Å². The molecule has 0 bridgehead atoms. The summed E-state index contributed by atoms with van der Waals surface area (Å²) >= 11 is 0. The van der Waals surface area contributed by atoms with Crippen molar-refractivity contribution in [1.29, 1.82) is 0 Å². The van der Waals surface area contributed by atoms with Crippen molar-refractivity contribution in [2.75, 3.05) is 26.3 Å². The minimum Gasteiger partial charge on any atom is -0.315 e. The van der Waals surface area contributed by atoms with Crippen molar-refractivity contribution in [2.45, 2.75) is 46.6 Å². The van der Waals surface area contributed by atoms with Crippen LogP contribution in [-0.4, -0.2) is 40.0 Å². The Morgan fingerprint density at radius 3 is 2.13 bits per heavy atom. The number of hydrogen-bond acceptors (Lipinski definition) is 3. The molecule has 3 nitrogen and oxygen atoms in total. The first-order chi connectivity index (χ1) is 7.21. The van der Waals surface area contributed by atoms with Gasteiger partial charge in [0.25, 0.3) is 0 Å². The van der Waals surface area contributed by atoms with Crippen LogP contribution in [0.5, 0.6) is 0 Å². The predicted octanol–water partition coefficient (Wildman–Crippen LogP) is 1.51. The lowest BCUT2D eigenvalue weighted by Gasteiger charge is -2.33. The molecule has 0 spiro atoms. The van der Waals surface area contributed by atoms with E-state index in [4.69, 9.17) is 0 Å². The number of rotatable bonds is 9. The third-order valence-electron chi connectivity index (χ3n) is 3.07. The smallest absolute Gasteiger partial charge is 0.191 e. The van der Waals surface area contributed by atoms with Crippen molar-refractivity contribution in [2.24, 2.45) is 0 Å². The van der Waals surface area contributed by atoms with Crippen LogP contribution in [0.3, 0.4) is 0 Å². The molecule has 4 heteroatoms. The SMILES string of the molecule is CCNCN[SiH](C(C)CC)N(CC)CC. The summed E-state index contributed by atoms with van der Waals surface area (Å²) in [5, 5.41) is 3.36. The maximum Gasteiger partial charge on any atom is 0.191 e. The minimum atomic E-state index is -0.954. The summed E-state index contributed by atoms with van der Waals surface area (Å²) in [6.07, 6.45) is 1.28. The molecule has 92 valence electrons. The molecule has 0 aliphatic heterocycles. The number of nitrogens with one attached hydrogen (secondary N) is 2. The van der Waals surface area contributed by atoms with E-state index in [1.807, 2.05) is 0 Å². The molecule has 0 aromatic carbocycles. The van der Waals surface area contributed by atoms with E-state index in [1.165, 1.54) is 19.5 Å². The van der Waals surface area contributed by atoms with Crippen molar-refractivity contribution in [3.63, 3.8) is 0 Å². The van der Waals surface area contributed by atoms with Gasteiger partial charge in [-0.15, -0.1) is 0 Å². The van der Waals surface area contributed by atoms with E-state index in [1.54, 1.807) is 0 Å². The average molecular weight is 231 g/mol. The van der Waals surface area contributed by atoms with E-state index in [0.717, 1.165) is 18.8 Å². The summed E-state index contributed by atoms with van der Waals surface area (Å²) in [5.74, 6) is 0. The van der Waals surface area contributed by atoms with E-state index < -0.39 is 9.12 Å². The second kappa shape index (κ2) is 9.33. The van der Waals surface area contributed by atoms with E-state index in [0.29, 0.717) is 0 Å². The highest BCUT2D eigenvalue weighted by atomic mass is 28.3. The molecule has 0 aromatic heterocycles. The van der Waals surface area contributed by atoms with E-state index >= 15 is 0 Å². The standard InChI is InChI=1S/C11H29N3Si/c1-6-11(5)15(13-10-12-7-2)14(8-3)9-4/h11-13,15H,6-10H2,1-5H3. The predicted molar refractivity (Wildman–Crippen MR) is 71.5 cm³/mol. The topological polar surface area (TPSA) is 27.3 Å². The summed E-state index contributed by atoms with van der Waals surface area (Å²) in [6.45, 7) is 15.7. The van der Waals surface area contributed by atoms with Crippen LogP contribution in [0, 0.1) is 0 Å². The molecule has 0 aromatic rings. The minimum absolute atomic E-state index is 0.837. The molecule has 15 heavy (non-hydrogen) atoms. The van der Waals surface area contributed by atoms with Gasteiger partial charge in [0.1, 0.15) is 0 Å². The van der Waals surface area contributed by atoms with E-state index in [9.17, 15) is 0 Å². The summed E-state index contributed by atoms with van der Waals surface area (Å²) < 4.78 is 2.63. The quantitative estimate of drug-likeness (QED) is 0.358. The Morgan fingerprint density at radius 2 is 1.73 bits per heavy atom. The van der Waals surface area contributed by atoms with Crippen LogP contribution in [0.25, 0.3) is 0 Å². The fraction of sp³-hybridized carbons (Fsp3) is 1.00. The first kappa shape index (κ1) is 15.1. The van der Waals surface area contributed by atoms with Crippen LogP contribution in [0.1, 0.15) is 41.0 Å². The molecular formula is C11H29N3Si. The molecule has 2 unspecified atom stereocenters. The van der Waals surface area contributed by atoms with E-state index in [2.05, 4.69) is 49.5 Å². The Bertz CT molecular complexity index is 140. The third kappa shape index (κ3) is 5.66. The van der Waals surface area contributed by atoms with E-state index in [-0.39, 0.29) is 0 Å². The zero-order chi connectivity index (χ0) is 11.7. The molecule has 2 N–H and O–H groups in total. The van der Waals surface area contributed by atoms with Crippen molar-refractivity contribution >= 4 is 9.12 Å². The van der Waals surface area contributed by atoms with Crippen LogP contribution in [-0.2, 0) is 0 Å². The maximum atomic E-state index is 3.73.